The summed E-state index contributed by atoms with van der Waals surface area (Å²) in [4.78, 5) is 0. The summed E-state index contributed by atoms with van der Waals surface area (Å²) in [5, 5.41) is 14.1. The van der Waals surface area contributed by atoms with Gasteiger partial charge in [-0.25, -0.2) is 0 Å². The fourth-order valence-electron chi connectivity index (χ4n) is 2.78. The maximum atomic E-state index is 10.6. The lowest BCUT2D eigenvalue weighted by Crippen LogP contribution is -2.54. The van der Waals surface area contributed by atoms with Crippen LogP contribution in [0.25, 0.3) is 0 Å². The molecule has 3 nitrogen and oxygen atoms in total. The highest BCUT2D eigenvalue weighted by Gasteiger charge is 2.43. The van der Waals surface area contributed by atoms with Crippen molar-refractivity contribution in [1.29, 1.82) is 0 Å². The van der Waals surface area contributed by atoms with Crippen molar-refractivity contribution in [3.63, 3.8) is 0 Å². The summed E-state index contributed by atoms with van der Waals surface area (Å²) in [5.41, 5.74) is -0.524. The van der Waals surface area contributed by atoms with Crippen molar-refractivity contribution in [2.75, 3.05) is 13.2 Å². The van der Waals surface area contributed by atoms with E-state index in [1.54, 1.807) is 0 Å². The second-order valence-corrected chi connectivity index (χ2v) is 5.36. The number of hydrogen-bond acceptors (Lipinski definition) is 3. The lowest BCUT2D eigenvalue weighted by atomic mass is 9.80. The predicted molar refractivity (Wildman–Crippen MR) is 59.8 cm³/mol. The fourth-order valence-corrected chi connectivity index (χ4v) is 2.78. The van der Waals surface area contributed by atoms with Crippen molar-refractivity contribution >= 4 is 0 Å². The first-order valence-electron chi connectivity index (χ1n) is 6.19. The van der Waals surface area contributed by atoms with Crippen LogP contribution in [0.15, 0.2) is 0 Å². The van der Waals surface area contributed by atoms with E-state index < -0.39 is 5.60 Å². The van der Waals surface area contributed by atoms with E-state index in [1.807, 2.05) is 0 Å². The fraction of sp³-hybridized carbons (Fsp3) is 1.00. The largest absolute Gasteiger partial charge is 0.388 e. The Morgan fingerprint density at radius 2 is 2.27 bits per heavy atom. The third-order valence-corrected chi connectivity index (χ3v) is 3.87. The molecule has 3 atom stereocenters. The van der Waals surface area contributed by atoms with Gasteiger partial charge in [0.2, 0.25) is 0 Å². The molecule has 15 heavy (non-hydrogen) atoms. The molecule has 0 spiro atoms. The maximum absolute atomic E-state index is 10.6. The first-order chi connectivity index (χ1) is 7.12. The van der Waals surface area contributed by atoms with E-state index in [-0.39, 0.29) is 6.10 Å². The molecule has 2 N–H and O–H groups in total. The van der Waals surface area contributed by atoms with Crippen LogP contribution < -0.4 is 5.32 Å². The SMILES string of the molecule is CC(C)C1CC(O)(C2CCCN2)CCO1. The Morgan fingerprint density at radius 1 is 1.47 bits per heavy atom. The Kier molecular flexibility index (Phi) is 3.33. The summed E-state index contributed by atoms with van der Waals surface area (Å²) in [6, 6.07) is 0.294. The Bertz CT molecular complexity index is 214. The van der Waals surface area contributed by atoms with Crippen LogP contribution in [0.5, 0.6) is 0 Å². The molecule has 0 aromatic heterocycles. The van der Waals surface area contributed by atoms with Gasteiger partial charge in [-0.1, -0.05) is 13.8 Å². The van der Waals surface area contributed by atoms with Crippen LogP contribution in [0.4, 0.5) is 0 Å². The van der Waals surface area contributed by atoms with E-state index in [2.05, 4.69) is 19.2 Å². The minimum Gasteiger partial charge on any atom is -0.388 e. The topological polar surface area (TPSA) is 41.5 Å². The smallest absolute Gasteiger partial charge is 0.0846 e. The summed E-state index contributed by atoms with van der Waals surface area (Å²) in [7, 11) is 0. The molecular formula is C12H23NO2. The first kappa shape index (κ1) is 11.4. The Labute approximate surface area is 92.2 Å². The number of rotatable bonds is 2. The van der Waals surface area contributed by atoms with Crippen LogP contribution in [0.2, 0.25) is 0 Å². The molecule has 2 aliphatic heterocycles. The normalized spacial score (nSPS) is 42.4. The van der Waals surface area contributed by atoms with E-state index in [0.29, 0.717) is 18.6 Å². The standard InChI is InChI=1S/C12H23NO2/c1-9(2)10-8-12(14,5-7-15-10)11-4-3-6-13-11/h9-11,13-14H,3-8H2,1-2H3. The van der Waals surface area contributed by atoms with Crippen LogP contribution in [0.1, 0.15) is 39.5 Å². The van der Waals surface area contributed by atoms with Gasteiger partial charge in [0.15, 0.2) is 0 Å². The van der Waals surface area contributed by atoms with E-state index >= 15 is 0 Å². The molecule has 0 bridgehead atoms. The molecule has 2 fully saturated rings. The van der Waals surface area contributed by atoms with Crippen LogP contribution in [-0.2, 0) is 4.74 Å². The molecule has 0 aromatic rings. The van der Waals surface area contributed by atoms with Gasteiger partial charge in [0, 0.05) is 25.5 Å². The Balaban J connectivity index is 2.00. The average Bonchev–Trinajstić information content (AvgIpc) is 2.71. The Morgan fingerprint density at radius 3 is 2.87 bits per heavy atom. The van der Waals surface area contributed by atoms with Gasteiger partial charge in [-0.15, -0.1) is 0 Å². The third kappa shape index (κ3) is 2.35. The molecule has 0 saturated carbocycles. The van der Waals surface area contributed by atoms with Gasteiger partial charge in [0.25, 0.3) is 0 Å². The zero-order chi connectivity index (χ0) is 10.9. The zero-order valence-corrected chi connectivity index (χ0v) is 9.83. The highest BCUT2D eigenvalue weighted by atomic mass is 16.5. The van der Waals surface area contributed by atoms with Gasteiger partial charge in [0.1, 0.15) is 0 Å². The van der Waals surface area contributed by atoms with E-state index in [1.165, 1.54) is 6.42 Å². The highest BCUT2D eigenvalue weighted by Crippen LogP contribution is 2.34. The summed E-state index contributed by atoms with van der Waals surface area (Å²) in [5.74, 6) is 0.498. The summed E-state index contributed by atoms with van der Waals surface area (Å²) in [6.45, 7) is 6.09. The monoisotopic (exact) mass is 213 g/mol. The van der Waals surface area contributed by atoms with Crippen molar-refractivity contribution in [2.24, 2.45) is 5.92 Å². The minimum atomic E-state index is -0.524. The molecule has 0 radical (unpaired) electrons. The van der Waals surface area contributed by atoms with E-state index in [4.69, 9.17) is 4.74 Å². The summed E-state index contributed by atoms with van der Waals surface area (Å²) < 4.78 is 5.71. The molecular weight excluding hydrogens is 190 g/mol. The second-order valence-electron chi connectivity index (χ2n) is 5.36. The van der Waals surface area contributed by atoms with Gasteiger partial charge >= 0.3 is 0 Å². The van der Waals surface area contributed by atoms with Gasteiger partial charge < -0.3 is 15.2 Å². The average molecular weight is 213 g/mol. The van der Waals surface area contributed by atoms with Gasteiger partial charge in [0.05, 0.1) is 11.7 Å². The molecule has 3 heteroatoms. The van der Waals surface area contributed by atoms with Crippen molar-refractivity contribution in [3.05, 3.63) is 0 Å². The quantitative estimate of drug-likeness (QED) is 0.726. The molecule has 0 amide bonds. The molecule has 2 aliphatic rings. The van der Waals surface area contributed by atoms with Crippen LogP contribution >= 0.6 is 0 Å². The van der Waals surface area contributed by atoms with Crippen LogP contribution in [-0.4, -0.2) is 36.0 Å². The number of ether oxygens (including phenoxy) is 1. The zero-order valence-electron chi connectivity index (χ0n) is 9.83. The third-order valence-electron chi connectivity index (χ3n) is 3.87. The lowest BCUT2D eigenvalue weighted by molar-refractivity contribution is -0.129. The van der Waals surface area contributed by atoms with Crippen LogP contribution in [0, 0.1) is 5.92 Å². The molecule has 2 rings (SSSR count). The maximum Gasteiger partial charge on any atom is 0.0846 e. The van der Waals surface area contributed by atoms with Gasteiger partial charge in [-0.05, 0) is 25.3 Å². The van der Waals surface area contributed by atoms with E-state index in [9.17, 15) is 5.11 Å². The second kappa shape index (κ2) is 4.40. The van der Waals surface area contributed by atoms with Crippen molar-refractivity contribution < 1.29 is 9.84 Å². The number of nitrogens with one attached hydrogen (secondary N) is 1. The summed E-state index contributed by atoms with van der Waals surface area (Å²) in [6.07, 6.45) is 4.11. The first-order valence-corrected chi connectivity index (χ1v) is 6.19. The molecule has 88 valence electrons. The predicted octanol–water partition coefficient (Wildman–Crippen LogP) is 1.30. The lowest BCUT2D eigenvalue weighted by Gasteiger charge is -2.42. The molecule has 2 heterocycles. The molecule has 2 saturated heterocycles. The van der Waals surface area contributed by atoms with E-state index in [0.717, 1.165) is 25.8 Å². The van der Waals surface area contributed by atoms with Gasteiger partial charge in [-0.2, -0.15) is 0 Å². The molecule has 3 unspecified atom stereocenters. The van der Waals surface area contributed by atoms with Gasteiger partial charge in [-0.3, -0.25) is 0 Å². The summed E-state index contributed by atoms with van der Waals surface area (Å²) >= 11 is 0. The van der Waals surface area contributed by atoms with Crippen molar-refractivity contribution in [3.8, 4) is 0 Å². The highest BCUT2D eigenvalue weighted by molar-refractivity contribution is 4.98. The van der Waals surface area contributed by atoms with Crippen LogP contribution in [0.3, 0.4) is 0 Å². The van der Waals surface area contributed by atoms with Crippen molar-refractivity contribution in [2.45, 2.75) is 57.3 Å². The Hall–Kier alpha value is -0.120. The minimum absolute atomic E-state index is 0.228. The number of aliphatic hydroxyl groups is 1. The number of hydrogen-bond donors (Lipinski definition) is 2. The van der Waals surface area contributed by atoms with Crippen molar-refractivity contribution in [1.82, 2.24) is 5.32 Å². The molecule has 0 aromatic carbocycles. The molecule has 0 aliphatic carbocycles.